The first-order valence-corrected chi connectivity index (χ1v) is 11.4. The zero-order chi connectivity index (χ0) is 22.7. The quantitative estimate of drug-likeness (QED) is 0.515. The fourth-order valence-corrected chi connectivity index (χ4v) is 5.09. The van der Waals surface area contributed by atoms with E-state index >= 15 is 0 Å². The summed E-state index contributed by atoms with van der Waals surface area (Å²) in [5.74, 6) is 1.46. The summed E-state index contributed by atoms with van der Waals surface area (Å²) < 4.78 is 25.1. The van der Waals surface area contributed by atoms with E-state index in [0.29, 0.717) is 41.9 Å². The van der Waals surface area contributed by atoms with Crippen molar-refractivity contribution in [2.75, 3.05) is 32.1 Å². The van der Waals surface area contributed by atoms with Crippen molar-refractivity contribution in [2.24, 2.45) is 11.7 Å². The number of hydrogen-bond donors (Lipinski definition) is 3. The molecule has 4 rings (SSSR count). The highest BCUT2D eigenvalue weighted by molar-refractivity contribution is 5.95. The van der Waals surface area contributed by atoms with Crippen molar-refractivity contribution >= 4 is 11.6 Å². The number of nitrogens with two attached hydrogens (primary N) is 1. The van der Waals surface area contributed by atoms with Gasteiger partial charge in [-0.2, -0.15) is 0 Å². The first-order chi connectivity index (χ1) is 15.5. The van der Waals surface area contributed by atoms with Gasteiger partial charge in [0.15, 0.2) is 11.5 Å². The maximum atomic E-state index is 13.8. The number of halogens is 1. The second-order valence-electron chi connectivity index (χ2n) is 8.68. The van der Waals surface area contributed by atoms with Gasteiger partial charge in [-0.15, -0.1) is 0 Å². The monoisotopic (exact) mass is 441 g/mol. The molecule has 0 saturated heterocycles. The van der Waals surface area contributed by atoms with Crippen LogP contribution in [0.3, 0.4) is 0 Å². The number of methoxy groups -OCH3 is 1. The van der Waals surface area contributed by atoms with Crippen molar-refractivity contribution in [1.29, 1.82) is 0 Å². The molecule has 0 saturated carbocycles. The molecule has 0 fully saturated rings. The smallest absolute Gasteiger partial charge is 0.249 e. The molecule has 2 aliphatic heterocycles. The Hall–Kier alpha value is -2.80. The van der Waals surface area contributed by atoms with Gasteiger partial charge in [0.2, 0.25) is 5.91 Å². The average molecular weight is 442 g/mol. The molecular formula is C25H32FN3O3. The molecule has 2 heterocycles. The minimum Gasteiger partial charge on any atom is -0.493 e. The molecule has 0 spiro atoms. The van der Waals surface area contributed by atoms with Crippen molar-refractivity contribution in [2.45, 2.75) is 44.6 Å². The number of carbonyl (C=O) groups excluding carboxylic acids is 1. The summed E-state index contributed by atoms with van der Waals surface area (Å²) in [6.45, 7) is 4.45. The summed E-state index contributed by atoms with van der Waals surface area (Å²) in [7, 11) is 1.59. The minimum absolute atomic E-state index is 0.107. The zero-order valence-corrected chi connectivity index (χ0v) is 18.7. The lowest BCUT2D eigenvalue weighted by Gasteiger charge is -2.29. The molecule has 6 nitrogen and oxygen atoms in total. The van der Waals surface area contributed by atoms with Crippen molar-refractivity contribution < 1.29 is 18.7 Å². The lowest BCUT2D eigenvalue weighted by molar-refractivity contribution is 0.0997. The Balaban J connectivity index is 1.32. The van der Waals surface area contributed by atoms with Crippen molar-refractivity contribution in [3.8, 4) is 11.5 Å². The van der Waals surface area contributed by atoms with Crippen LogP contribution in [0.5, 0.6) is 11.5 Å². The van der Waals surface area contributed by atoms with E-state index in [9.17, 15) is 9.18 Å². The average Bonchev–Trinajstić information content (AvgIpc) is 3.21. The highest BCUT2D eigenvalue weighted by atomic mass is 19.1. The standard InChI is InChI=1S/C25H32FN3O3/c1-3-15(21-13-29-22-8-6-16(26)11-19(21)22)5-4-10-28-17-12-20-18(25(27)30)7-9-23(31-2)24(20)32-14-17/h6-9,11,15,17,21,28-29H,3-5,10,12-14H2,1-2H3,(H2,27,30). The minimum atomic E-state index is -0.458. The number of nitrogens with one attached hydrogen (secondary N) is 2. The van der Waals surface area contributed by atoms with E-state index in [1.165, 1.54) is 6.07 Å². The number of ether oxygens (including phenoxy) is 2. The van der Waals surface area contributed by atoms with Gasteiger partial charge in [0, 0.05) is 35.3 Å². The molecule has 4 N–H and O–H groups in total. The molecule has 7 heteroatoms. The van der Waals surface area contributed by atoms with E-state index in [0.717, 1.165) is 49.2 Å². The van der Waals surface area contributed by atoms with Crippen LogP contribution in [-0.2, 0) is 6.42 Å². The SMILES string of the molecule is CCC(CCCNC1COc2c(OC)ccc(C(N)=O)c2C1)C1CNc2ccc(F)cc21. The van der Waals surface area contributed by atoms with Gasteiger partial charge in [-0.3, -0.25) is 4.79 Å². The molecule has 172 valence electrons. The molecule has 0 bridgehead atoms. The maximum absolute atomic E-state index is 13.8. The Labute approximate surface area is 188 Å². The summed E-state index contributed by atoms with van der Waals surface area (Å²) in [6.07, 6.45) is 3.81. The molecule has 32 heavy (non-hydrogen) atoms. The number of amides is 1. The maximum Gasteiger partial charge on any atom is 0.249 e. The molecule has 1 amide bonds. The van der Waals surface area contributed by atoms with Crippen LogP contribution in [0.4, 0.5) is 10.1 Å². The predicted molar refractivity (Wildman–Crippen MR) is 123 cm³/mol. The second kappa shape index (κ2) is 9.77. The van der Waals surface area contributed by atoms with Crippen LogP contribution in [0.1, 0.15) is 53.6 Å². The third kappa shape index (κ3) is 4.53. The van der Waals surface area contributed by atoms with Gasteiger partial charge >= 0.3 is 0 Å². The molecular weight excluding hydrogens is 409 g/mol. The Morgan fingerprint density at radius 1 is 1.38 bits per heavy atom. The van der Waals surface area contributed by atoms with Crippen LogP contribution >= 0.6 is 0 Å². The topological polar surface area (TPSA) is 85.6 Å². The number of hydrogen-bond acceptors (Lipinski definition) is 5. The van der Waals surface area contributed by atoms with Gasteiger partial charge in [-0.25, -0.2) is 4.39 Å². The van der Waals surface area contributed by atoms with Crippen LogP contribution in [0.2, 0.25) is 0 Å². The molecule has 2 aromatic carbocycles. The first kappa shape index (κ1) is 22.4. The summed E-state index contributed by atoms with van der Waals surface area (Å²) in [5, 5.41) is 6.99. The predicted octanol–water partition coefficient (Wildman–Crippen LogP) is 3.84. The zero-order valence-electron chi connectivity index (χ0n) is 18.7. The lowest BCUT2D eigenvalue weighted by Crippen LogP contribution is -2.40. The number of rotatable bonds is 9. The van der Waals surface area contributed by atoms with Gasteiger partial charge in [0.05, 0.1) is 7.11 Å². The number of primary amides is 1. The van der Waals surface area contributed by atoms with Crippen molar-refractivity contribution in [3.63, 3.8) is 0 Å². The van der Waals surface area contributed by atoms with Crippen LogP contribution < -0.4 is 25.8 Å². The van der Waals surface area contributed by atoms with E-state index in [1.807, 2.05) is 6.07 Å². The fraction of sp³-hybridized carbons (Fsp3) is 0.480. The third-order valence-electron chi connectivity index (χ3n) is 6.79. The van der Waals surface area contributed by atoms with Crippen LogP contribution in [0.15, 0.2) is 30.3 Å². The highest BCUT2D eigenvalue weighted by Crippen LogP contribution is 2.40. The summed E-state index contributed by atoms with van der Waals surface area (Å²) in [4.78, 5) is 11.9. The van der Waals surface area contributed by atoms with E-state index < -0.39 is 5.91 Å². The molecule has 2 aliphatic rings. The number of carbonyl (C=O) groups is 1. The van der Waals surface area contributed by atoms with Gasteiger partial charge in [-0.05, 0) is 67.6 Å². The molecule has 3 unspecified atom stereocenters. The molecule has 0 aromatic heterocycles. The van der Waals surface area contributed by atoms with Gasteiger partial charge < -0.3 is 25.8 Å². The molecule has 0 radical (unpaired) electrons. The van der Waals surface area contributed by atoms with Crippen molar-refractivity contribution in [3.05, 3.63) is 52.8 Å². The Morgan fingerprint density at radius 2 is 2.22 bits per heavy atom. The Bertz CT molecular complexity index is 981. The fourth-order valence-electron chi connectivity index (χ4n) is 5.09. The summed E-state index contributed by atoms with van der Waals surface area (Å²) in [5.41, 5.74) is 9.02. The van der Waals surface area contributed by atoms with E-state index in [1.54, 1.807) is 25.3 Å². The van der Waals surface area contributed by atoms with Crippen LogP contribution in [0.25, 0.3) is 0 Å². The third-order valence-corrected chi connectivity index (χ3v) is 6.79. The Kier molecular flexibility index (Phi) is 6.84. The largest absolute Gasteiger partial charge is 0.493 e. The first-order valence-electron chi connectivity index (χ1n) is 11.4. The highest BCUT2D eigenvalue weighted by Gasteiger charge is 2.30. The van der Waals surface area contributed by atoms with Crippen LogP contribution in [0, 0.1) is 11.7 Å². The van der Waals surface area contributed by atoms with Gasteiger partial charge in [0.25, 0.3) is 0 Å². The number of anilines is 1. The second-order valence-corrected chi connectivity index (χ2v) is 8.68. The normalized spacial score (nSPS) is 20.0. The van der Waals surface area contributed by atoms with Crippen molar-refractivity contribution in [1.82, 2.24) is 5.32 Å². The van der Waals surface area contributed by atoms with Crippen LogP contribution in [-0.4, -0.2) is 38.8 Å². The Morgan fingerprint density at radius 3 is 2.97 bits per heavy atom. The van der Waals surface area contributed by atoms with Gasteiger partial charge in [-0.1, -0.05) is 13.3 Å². The number of benzene rings is 2. The molecule has 2 aromatic rings. The van der Waals surface area contributed by atoms with E-state index in [-0.39, 0.29) is 11.9 Å². The number of fused-ring (bicyclic) bond motifs is 2. The lowest BCUT2D eigenvalue weighted by atomic mass is 9.82. The molecule has 0 aliphatic carbocycles. The molecule has 3 atom stereocenters. The van der Waals surface area contributed by atoms with E-state index in [2.05, 4.69) is 17.6 Å². The van der Waals surface area contributed by atoms with Gasteiger partial charge in [0.1, 0.15) is 12.4 Å². The van der Waals surface area contributed by atoms with E-state index in [4.69, 9.17) is 15.2 Å². The summed E-state index contributed by atoms with van der Waals surface area (Å²) >= 11 is 0. The summed E-state index contributed by atoms with van der Waals surface area (Å²) in [6, 6.07) is 8.57.